The first-order valence-corrected chi connectivity index (χ1v) is 9.45. The third-order valence-corrected chi connectivity index (χ3v) is 5.01. The highest BCUT2D eigenvalue weighted by Crippen LogP contribution is 2.21. The summed E-state index contributed by atoms with van der Waals surface area (Å²) >= 11 is 0. The zero-order chi connectivity index (χ0) is 17.5. The van der Waals surface area contributed by atoms with Crippen molar-refractivity contribution in [2.24, 2.45) is 0 Å². The van der Waals surface area contributed by atoms with E-state index >= 15 is 0 Å². The summed E-state index contributed by atoms with van der Waals surface area (Å²) in [6.45, 7) is 11.3. The van der Waals surface area contributed by atoms with Crippen molar-refractivity contribution in [3.05, 3.63) is 24.3 Å². The quantitative estimate of drug-likeness (QED) is 0.816. The number of nitrogens with zero attached hydrogens (tertiary/aromatic N) is 2. The van der Waals surface area contributed by atoms with E-state index in [2.05, 4.69) is 54.9 Å². The number of hydrogen-bond donors (Lipinski definition) is 1. The second kappa shape index (κ2) is 9.07. The van der Waals surface area contributed by atoms with Crippen molar-refractivity contribution in [1.29, 1.82) is 0 Å². The van der Waals surface area contributed by atoms with Crippen LogP contribution in [0.5, 0.6) is 0 Å². The molecule has 0 bridgehead atoms. The van der Waals surface area contributed by atoms with Crippen molar-refractivity contribution in [3.8, 4) is 0 Å². The SMILES string of the molecule is CC[C@H]1CCCCN1CC(=O)Nc1ccc(N(CC)C(C)C)cc1. The summed E-state index contributed by atoms with van der Waals surface area (Å²) in [6, 6.07) is 9.23. The van der Waals surface area contributed by atoms with Crippen LogP contribution in [0.1, 0.15) is 53.4 Å². The third kappa shape index (κ3) is 4.97. The topological polar surface area (TPSA) is 35.6 Å². The number of carbonyl (C=O) groups is 1. The highest BCUT2D eigenvalue weighted by atomic mass is 16.2. The summed E-state index contributed by atoms with van der Waals surface area (Å²) < 4.78 is 0. The Labute approximate surface area is 147 Å². The molecule has 1 aliphatic rings. The average Bonchev–Trinajstić information content (AvgIpc) is 2.57. The molecule has 1 fully saturated rings. The molecule has 24 heavy (non-hydrogen) atoms. The van der Waals surface area contributed by atoms with Gasteiger partial charge in [0, 0.05) is 30.0 Å². The number of rotatable bonds is 7. The van der Waals surface area contributed by atoms with Gasteiger partial charge in [-0.1, -0.05) is 13.3 Å². The first-order valence-electron chi connectivity index (χ1n) is 9.45. The highest BCUT2D eigenvalue weighted by Gasteiger charge is 2.22. The molecule has 1 amide bonds. The van der Waals surface area contributed by atoms with E-state index in [0.717, 1.165) is 25.2 Å². The zero-order valence-electron chi connectivity index (χ0n) is 15.7. The maximum Gasteiger partial charge on any atom is 0.238 e. The predicted octanol–water partition coefficient (Wildman–Crippen LogP) is 4.12. The number of likely N-dealkylation sites (tertiary alicyclic amines) is 1. The Bertz CT molecular complexity index is 512. The minimum absolute atomic E-state index is 0.0966. The Morgan fingerprint density at radius 1 is 1.25 bits per heavy atom. The van der Waals surface area contributed by atoms with Crippen molar-refractivity contribution in [2.75, 3.05) is 29.9 Å². The van der Waals surface area contributed by atoms with Crippen LogP contribution < -0.4 is 10.2 Å². The van der Waals surface area contributed by atoms with Gasteiger partial charge in [-0.25, -0.2) is 0 Å². The van der Waals surface area contributed by atoms with Crippen LogP contribution >= 0.6 is 0 Å². The van der Waals surface area contributed by atoms with Gasteiger partial charge in [-0.2, -0.15) is 0 Å². The number of benzene rings is 1. The molecule has 0 aromatic heterocycles. The Kier molecular flexibility index (Phi) is 7.10. The smallest absolute Gasteiger partial charge is 0.238 e. The number of nitrogens with one attached hydrogen (secondary N) is 1. The van der Waals surface area contributed by atoms with Crippen molar-refractivity contribution in [3.63, 3.8) is 0 Å². The highest BCUT2D eigenvalue weighted by molar-refractivity contribution is 5.92. The van der Waals surface area contributed by atoms with E-state index in [9.17, 15) is 4.79 Å². The van der Waals surface area contributed by atoms with Gasteiger partial charge in [0.2, 0.25) is 5.91 Å². The Hall–Kier alpha value is -1.55. The molecule has 0 aliphatic carbocycles. The second-order valence-corrected chi connectivity index (χ2v) is 7.00. The van der Waals surface area contributed by atoms with E-state index in [1.54, 1.807) is 0 Å². The second-order valence-electron chi connectivity index (χ2n) is 7.00. The van der Waals surface area contributed by atoms with Crippen molar-refractivity contribution >= 4 is 17.3 Å². The normalized spacial score (nSPS) is 18.6. The third-order valence-electron chi connectivity index (χ3n) is 5.01. The van der Waals surface area contributed by atoms with E-state index in [1.807, 2.05) is 12.1 Å². The molecule has 0 radical (unpaired) electrons. The van der Waals surface area contributed by atoms with E-state index < -0.39 is 0 Å². The molecule has 4 heteroatoms. The molecule has 0 saturated carbocycles. The number of hydrogen-bond acceptors (Lipinski definition) is 3. The molecular formula is C20H33N3O. The van der Waals surface area contributed by atoms with Crippen LogP contribution in [-0.2, 0) is 4.79 Å². The maximum atomic E-state index is 12.4. The van der Waals surface area contributed by atoms with Crippen LogP contribution in [0.3, 0.4) is 0 Å². The lowest BCUT2D eigenvalue weighted by Gasteiger charge is -2.34. The summed E-state index contributed by atoms with van der Waals surface area (Å²) in [6.07, 6.45) is 4.85. The lowest BCUT2D eigenvalue weighted by Crippen LogP contribution is -2.43. The van der Waals surface area contributed by atoms with E-state index in [1.165, 1.54) is 24.9 Å². The molecule has 0 unspecified atom stereocenters. The molecular weight excluding hydrogens is 298 g/mol. The summed E-state index contributed by atoms with van der Waals surface area (Å²) in [5.74, 6) is 0.0966. The first kappa shape index (κ1) is 18.8. The maximum absolute atomic E-state index is 12.4. The zero-order valence-corrected chi connectivity index (χ0v) is 15.7. The van der Waals surface area contributed by atoms with Gasteiger partial charge in [-0.3, -0.25) is 9.69 Å². The molecule has 1 aliphatic heterocycles. The molecule has 1 aromatic carbocycles. The van der Waals surface area contributed by atoms with Crippen LogP contribution in [0.15, 0.2) is 24.3 Å². The lowest BCUT2D eigenvalue weighted by molar-refractivity contribution is -0.118. The molecule has 1 N–H and O–H groups in total. The van der Waals surface area contributed by atoms with Crippen molar-refractivity contribution in [1.82, 2.24) is 4.90 Å². The minimum atomic E-state index is 0.0966. The molecule has 2 rings (SSSR count). The van der Waals surface area contributed by atoms with Crippen LogP contribution in [0.25, 0.3) is 0 Å². The fourth-order valence-electron chi connectivity index (χ4n) is 3.70. The Balaban J connectivity index is 1.92. The molecule has 1 heterocycles. The Morgan fingerprint density at radius 2 is 1.96 bits per heavy atom. The lowest BCUT2D eigenvalue weighted by atomic mass is 10.00. The number of anilines is 2. The molecule has 0 spiro atoms. The van der Waals surface area contributed by atoms with Gasteiger partial charge in [-0.05, 0) is 70.8 Å². The monoisotopic (exact) mass is 331 g/mol. The first-order chi connectivity index (χ1) is 11.5. The van der Waals surface area contributed by atoms with Gasteiger partial charge in [0.1, 0.15) is 0 Å². The van der Waals surface area contributed by atoms with Crippen LogP contribution in [0.2, 0.25) is 0 Å². The minimum Gasteiger partial charge on any atom is -0.369 e. The fourth-order valence-corrected chi connectivity index (χ4v) is 3.70. The van der Waals surface area contributed by atoms with Gasteiger partial charge in [0.05, 0.1) is 6.54 Å². The van der Waals surface area contributed by atoms with E-state index in [-0.39, 0.29) is 5.91 Å². The van der Waals surface area contributed by atoms with Crippen LogP contribution in [0, 0.1) is 0 Å². The standard InChI is InChI=1S/C20H33N3O/c1-5-18-9-7-8-14-22(18)15-20(24)21-17-10-12-19(13-11-17)23(6-2)16(3)4/h10-13,16,18H,5-9,14-15H2,1-4H3,(H,21,24)/t18-/m0/s1. The van der Waals surface area contributed by atoms with Gasteiger partial charge in [0.15, 0.2) is 0 Å². The van der Waals surface area contributed by atoms with Gasteiger partial charge in [0.25, 0.3) is 0 Å². The van der Waals surface area contributed by atoms with Gasteiger partial charge >= 0.3 is 0 Å². The van der Waals surface area contributed by atoms with Crippen molar-refractivity contribution in [2.45, 2.75) is 65.5 Å². The average molecular weight is 332 g/mol. The fraction of sp³-hybridized carbons (Fsp3) is 0.650. The summed E-state index contributed by atoms with van der Waals surface area (Å²) in [5, 5.41) is 3.05. The molecule has 1 saturated heterocycles. The molecule has 1 atom stereocenters. The van der Waals surface area contributed by atoms with Crippen molar-refractivity contribution < 1.29 is 4.79 Å². The van der Waals surface area contributed by atoms with Crippen LogP contribution in [-0.4, -0.2) is 42.5 Å². The largest absolute Gasteiger partial charge is 0.369 e. The number of piperidine rings is 1. The number of amides is 1. The van der Waals surface area contributed by atoms with Crippen LogP contribution in [0.4, 0.5) is 11.4 Å². The number of carbonyl (C=O) groups excluding carboxylic acids is 1. The van der Waals surface area contributed by atoms with E-state index in [4.69, 9.17) is 0 Å². The van der Waals surface area contributed by atoms with Gasteiger partial charge in [-0.15, -0.1) is 0 Å². The van der Waals surface area contributed by atoms with Gasteiger partial charge < -0.3 is 10.2 Å². The molecule has 4 nitrogen and oxygen atoms in total. The molecule has 1 aromatic rings. The Morgan fingerprint density at radius 3 is 2.54 bits per heavy atom. The summed E-state index contributed by atoms with van der Waals surface area (Å²) in [4.78, 5) is 17.0. The summed E-state index contributed by atoms with van der Waals surface area (Å²) in [5.41, 5.74) is 2.08. The van der Waals surface area contributed by atoms with E-state index in [0.29, 0.717) is 18.6 Å². The summed E-state index contributed by atoms with van der Waals surface area (Å²) in [7, 11) is 0. The molecule has 134 valence electrons. The predicted molar refractivity (Wildman–Crippen MR) is 103 cm³/mol.